The number of fused-ring (bicyclic) bond motifs is 1. The van der Waals surface area contributed by atoms with Crippen molar-refractivity contribution in [3.8, 4) is 0 Å². The van der Waals surface area contributed by atoms with Crippen LogP contribution in [0.1, 0.15) is 39.7 Å². The molecule has 2 rings (SSSR count). The molecule has 0 amide bonds. The van der Waals surface area contributed by atoms with Gasteiger partial charge in [0.05, 0.1) is 8.99 Å². The summed E-state index contributed by atoms with van der Waals surface area (Å²) >= 11 is 2.45. The van der Waals surface area contributed by atoms with Gasteiger partial charge >= 0.3 is 0 Å². The van der Waals surface area contributed by atoms with E-state index >= 15 is 0 Å². The lowest BCUT2D eigenvalue weighted by Crippen LogP contribution is -2.26. The maximum absolute atomic E-state index is 2.50. The van der Waals surface area contributed by atoms with Crippen molar-refractivity contribution in [2.45, 2.75) is 39.5 Å². The lowest BCUT2D eigenvalue weighted by Gasteiger charge is -2.14. The fourth-order valence-electron chi connectivity index (χ4n) is 2.50. The highest BCUT2D eigenvalue weighted by molar-refractivity contribution is 14.1. The van der Waals surface area contributed by atoms with Crippen molar-refractivity contribution in [2.75, 3.05) is 6.54 Å². The zero-order valence-electron chi connectivity index (χ0n) is 10.5. The molecule has 86 valence electrons. The van der Waals surface area contributed by atoms with Crippen molar-refractivity contribution < 1.29 is 4.58 Å². The first-order chi connectivity index (χ1) is 7.50. The maximum Gasteiger partial charge on any atom is 0.222 e. The highest BCUT2D eigenvalue weighted by Crippen LogP contribution is 2.41. The van der Waals surface area contributed by atoms with Crippen LogP contribution in [0.25, 0.3) is 0 Å². The van der Waals surface area contributed by atoms with Crippen molar-refractivity contribution in [3.05, 3.63) is 27.3 Å². The molecule has 16 heavy (non-hydrogen) atoms. The normalized spacial score (nSPS) is 17.8. The second-order valence-corrected chi connectivity index (χ2v) is 6.16. The average Bonchev–Trinajstić information content (AvgIpc) is 2.42. The molecule has 1 aliphatic heterocycles. The molecule has 0 saturated heterocycles. The summed E-state index contributed by atoms with van der Waals surface area (Å²) in [6.07, 6.45) is 1.19. The minimum absolute atomic E-state index is 0.186. The van der Waals surface area contributed by atoms with Crippen LogP contribution in [0.15, 0.2) is 18.2 Å². The SMILES string of the molecule is CCC[N+]1=C(C)C(C)(C)c2cccc([131I])c21. The van der Waals surface area contributed by atoms with Gasteiger partial charge in [-0.15, -0.1) is 0 Å². The van der Waals surface area contributed by atoms with Gasteiger partial charge in [0.25, 0.3) is 0 Å². The molecule has 1 nitrogen and oxygen atoms in total. The summed E-state index contributed by atoms with van der Waals surface area (Å²) in [4.78, 5) is 0. The first kappa shape index (κ1) is 12.1. The van der Waals surface area contributed by atoms with Crippen molar-refractivity contribution in [1.29, 1.82) is 0 Å². The van der Waals surface area contributed by atoms with Gasteiger partial charge < -0.3 is 0 Å². The molecule has 0 unspecified atom stereocenters. The summed E-state index contributed by atoms with van der Waals surface area (Å²) in [6.45, 7) is 10.3. The van der Waals surface area contributed by atoms with E-state index in [1.165, 1.54) is 27.0 Å². The lowest BCUT2D eigenvalue weighted by molar-refractivity contribution is -0.439. The third-order valence-electron chi connectivity index (χ3n) is 3.69. The van der Waals surface area contributed by atoms with Crippen molar-refractivity contribution >= 4 is 34.0 Å². The summed E-state index contributed by atoms with van der Waals surface area (Å²) in [7, 11) is 0. The van der Waals surface area contributed by atoms with E-state index < -0.39 is 0 Å². The van der Waals surface area contributed by atoms with Gasteiger partial charge in [0.2, 0.25) is 5.69 Å². The van der Waals surface area contributed by atoms with Crippen LogP contribution in [0.4, 0.5) is 5.69 Å². The second kappa shape index (κ2) is 4.13. The predicted molar refractivity (Wildman–Crippen MR) is 77.9 cm³/mol. The standard InChI is InChI=1S/C14H19IN/c1-5-9-16-10(2)14(3,4)11-7-6-8-12(15)13(11)16/h6-8H,5,9H2,1-4H3/q+1/i15+4. The third kappa shape index (κ3) is 1.62. The zero-order valence-corrected chi connectivity index (χ0v) is 12.6. The van der Waals surface area contributed by atoms with Crippen LogP contribution in [0.2, 0.25) is 0 Å². The third-order valence-corrected chi connectivity index (χ3v) is 4.56. The Kier molecular flexibility index (Phi) is 3.12. The molecule has 2 heteroatoms. The molecule has 0 N–H and O–H groups in total. The van der Waals surface area contributed by atoms with Gasteiger partial charge in [-0.05, 0) is 42.5 Å². The molecule has 0 atom stereocenters. The molecule has 1 aliphatic rings. The van der Waals surface area contributed by atoms with E-state index in [1.807, 2.05) is 0 Å². The Morgan fingerprint density at radius 3 is 2.62 bits per heavy atom. The first-order valence-electron chi connectivity index (χ1n) is 5.90. The van der Waals surface area contributed by atoms with E-state index in [2.05, 4.69) is 73.1 Å². The van der Waals surface area contributed by atoms with Crippen LogP contribution < -0.4 is 0 Å². The Morgan fingerprint density at radius 2 is 2.00 bits per heavy atom. The van der Waals surface area contributed by atoms with E-state index in [4.69, 9.17) is 0 Å². The topological polar surface area (TPSA) is 3.01 Å². The Morgan fingerprint density at radius 1 is 1.31 bits per heavy atom. The molecule has 0 aromatic heterocycles. The predicted octanol–water partition coefficient (Wildman–Crippen LogP) is 4.10. The number of rotatable bonds is 2. The van der Waals surface area contributed by atoms with Gasteiger partial charge in [-0.25, -0.2) is 0 Å². The minimum Gasteiger partial charge on any atom is -0.198 e. The highest BCUT2D eigenvalue weighted by Gasteiger charge is 2.43. The van der Waals surface area contributed by atoms with Gasteiger partial charge in [-0.1, -0.05) is 19.1 Å². The fourth-order valence-corrected chi connectivity index (χ4v) is 3.29. The maximum atomic E-state index is 2.50. The molecule has 0 spiro atoms. The molecule has 0 saturated carbocycles. The van der Waals surface area contributed by atoms with Crippen LogP contribution in [-0.2, 0) is 5.41 Å². The Bertz CT molecular complexity index is 458. The number of nitrogens with zero attached hydrogens (tertiary/aromatic N) is 1. The summed E-state index contributed by atoms with van der Waals surface area (Å²) in [6, 6.07) is 6.65. The van der Waals surface area contributed by atoms with E-state index in [9.17, 15) is 0 Å². The van der Waals surface area contributed by atoms with E-state index in [0.717, 1.165) is 6.54 Å². The molecule has 0 radical (unpaired) electrons. The van der Waals surface area contributed by atoms with Crippen LogP contribution in [0, 0.1) is 3.57 Å². The molecule has 0 aliphatic carbocycles. The molecular weight excluding hydrogens is 313 g/mol. The number of halogens is 1. The van der Waals surface area contributed by atoms with Gasteiger partial charge in [0.15, 0.2) is 5.71 Å². The fraction of sp³-hybridized carbons (Fsp3) is 0.500. The molecule has 0 fully saturated rings. The van der Waals surface area contributed by atoms with E-state index in [0.29, 0.717) is 0 Å². The van der Waals surface area contributed by atoms with E-state index in [-0.39, 0.29) is 5.41 Å². The van der Waals surface area contributed by atoms with Crippen molar-refractivity contribution in [2.24, 2.45) is 0 Å². The van der Waals surface area contributed by atoms with Crippen LogP contribution >= 0.6 is 22.6 Å². The Balaban J connectivity index is 2.68. The highest BCUT2D eigenvalue weighted by atomic mass is 131. The summed E-state index contributed by atoms with van der Waals surface area (Å²) in [5, 5.41) is 0. The summed E-state index contributed by atoms with van der Waals surface area (Å²) in [5.74, 6) is 0. The van der Waals surface area contributed by atoms with Crippen LogP contribution in [0.3, 0.4) is 0 Å². The summed E-state index contributed by atoms with van der Waals surface area (Å²) in [5.41, 5.74) is 4.58. The van der Waals surface area contributed by atoms with Gasteiger partial charge in [0, 0.05) is 18.9 Å². The zero-order chi connectivity index (χ0) is 11.9. The molecular formula is C14H19IN+. The summed E-state index contributed by atoms with van der Waals surface area (Å²) < 4.78 is 3.87. The average molecular weight is 332 g/mol. The van der Waals surface area contributed by atoms with Gasteiger partial charge in [-0.2, -0.15) is 4.58 Å². The number of hydrogen-bond donors (Lipinski definition) is 0. The molecule has 1 heterocycles. The van der Waals surface area contributed by atoms with Crippen molar-refractivity contribution in [3.63, 3.8) is 0 Å². The van der Waals surface area contributed by atoms with Crippen molar-refractivity contribution in [1.82, 2.24) is 0 Å². The minimum atomic E-state index is 0.186. The Hall–Kier alpha value is -0.380. The second-order valence-electron chi connectivity index (χ2n) is 5.00. The van der Waals surface area contributed by atoms with Gasteiger partial charge in [0.1, 0.15) is 6.54 Å². The molecule has 1 aromatic rings. The smallest absolute Gasteiger partial charge is 0.198 e. The largest absolute Gasteiger partial charge is 0.222 e. The first-order valence-corrected chi connectivity index (χ1v) is 6.98. The number of benzene rings is 1. The molecule has 0 bridgehead atoms. The Labute approximate surface area is 112 Å². The van der Waals surface area contributed by atoms with Crippen LogP contribution in [0.5, 0.6) is 0 Å². The van der Waals surface area contributed by atoms with E-state index in [1.54, 1.807) is 0 Å². The van der Waals surface area contributed by atoms with Crippen LogP contribution in [-0.4, -0.2) is 16.8 Å². The number of hydrogen-bond acceptors (Lipinski definition) is 0. The van der Waals surface area contributed by atoms with Gasteiger partial charge in [-0.3, -0.25) is 0 Å². The number of para-hydroxylation sites is 1. The lowest BCUT2D eigenvalue weighted by atomic mass is 9.82. The quantitative estimate of drug-likeness (QED) is 0.567. The molecule has 1 aromatic carbocycles. The monoisotopic (exact) mass is 332 g/mol.